The minimum absolute atomic E-state index is 0. The van der Waals surface area contributed by atoms with Gasteiger partial charge in [-0.15, -0.1) is 0 Å². The van der Waals surface area contributed by atoms with E-state index in [1.165, 1.54) is 12.2 Å². The van der Waals surface area contributed by atoms with Crippen molar-refractivity contribution in [3.8, 4) is 0 Å². The van der Waals surface area contributed by atoms with E-state index >= 15 is 0 Å². The van der Waals surface area contributed by atoms with E-state index in [4.69, 9.17) is 9.47 Å². The highest BCUT2D eigenvalue weighted by Crippen LogP contribution is 1.95. The fourth-order valence-corrected chi connectivity index (χ4v) is 1.09. The third kappa shape index (κ3) is 25.3. The molecule has 0 spiro atoms. The van der Waals surface area contributed by atoms with Crippen molar-refractivity contribution in [2.75, 3.05) is 68.1 Å². The summed E-state index contributed by atoms with van der Waals surface area (Å²) < 4.78 is 11.3. The molecule has 0 rings (SSSR count). The van der Waals surface area contributed by atoms with Crippen LogP contribution in [0.1, 0.15) is 6.92 Å². The Balaban J connectivity index is -0.000000164. The minimum Gasteiger partial charge on any atom is -1.00 e. The van der Waals surface area contributed by atoms with Gasteiger partial charge < -0.3 is 43.3 Å². The fourth-order valence-electron chi connectivity index (χ4n) is 1.09. The zero-order valence-corrected chi connectivity index (χ0v) is 17.9. The molecular weight excluding hydrogens is 367 g/mol. The summed E-state index contributed by atoms with van der Waals surface area (Å²) in [6.07, 6.45) is 2.36. The number of nitrogens with zero attached hydrogens (tertiary/aromatic N) is 2. The molecular formula is C17H34Cl2N2O4. The van der Waals surface area contributed by atoms with Gasteiger partial charge in [0.15, 0.2) is 0 Å². The van der Waals surface area contributed by atoms with Crippen LogP contribution in [0.3, 0.4) is 0 Å². The maximum atomic E-state index is 10.6. The first-order valence-electron chi connectivity index (χ1n) is 7.68. The molecule has 0 radical (unpaired) electrons. The summed E-state index contributed by atoms with van der Waals surface area (Å²) in [5.74, 6) is -0.690. The van der Waals surface area contributed by atoms with E-state index in [0.717, 1.165) is 28.6 Å². The molecule has 0 aliphatic carbocycles. The number of carbonyl (C=O) groups excluding carboxylic acids is 2. The molecule has 0 aromatic rings. The van der Waals surface area contributed by atoms with E-state index in [1.807, 2.05) is 21.1 Å². The van der Waals surface area contributed by atoms with E-state index in [9.17, 15) is 9.59 Å². The van der Waals surface area contributed by atoms with Crippen LogP contribution in [-0.4, -0.2) is 89.0 Å². The summed E-state index contributed by atoms with van der Waals surface area (Å²) in [5, 5.41) is 0. The molecule has 150 valence electrons. The van der Waals surface area contributed by atoms with Crippen LogP contribution in [0.5, 0.6) is 0 Å². The van der Waals surface area contributed by atoms with E-state index in [-0.39, 0.29) is 36.8 Å². The van der Waals surface area contributed by atoms with E-state index in [2.05, 4.69) is 34.2 Å². The molecule has 8 heteroatoms. The first kappa shape index (κ1) is 31.7. The van der Waals surface area contributed by atoms with Gasteiger partial charge in [0.2, 0.25) is 0 Å². The maximum Gasteiger partial charge on any atom is 0.330 e. The average Bonchev–Trinajstić information content (AvgIpc) is 2.46. The molecule has 0 bridgehead atoms. The Kier molecular flexibility index (Phi) is 20.8. The van der Waals surface area contributed by atoms with Gasteiger partial charge in [0, 0.05) is 12.2 Å². The second-order valence-corrected chi connectivity index (χ2v) is 6.73. The number of likely N-dealkylation sites (N-methyl/N-ethyl adjacent to an activating group) is 2. The SMILES string of the molecule is C=CC(=O)OCC[N+](C)(C)C.C=CC(=O)OCC[N+](C)(C)CC.[Cl-].[Cl-]. The van der Waals surface area contributed by atoms with Crippen molar-refractivity contribution in [1.82, 2.24) is 0 Å². The lowest BCUT2D eigenvalue weighted by atomic mass is 10.4. The Morgan fingerprint density at radius 2 is 1.20 bits per heavy atom. The zero-order chi connectivity index (χ0) is 18.5. The molecule has 0 aromatic heterocycles. The number of rotatable bonds is 9. The number of carbonyl (C=O) groups is 2. The van der Waals surface area contributed by atoms with Crippen LogP contribution < -0.4 is 24.8 Å². The van der Waals surface area contributed by atoms with Gasteiger partial charge in [-0.1, -0.05) is 13.2 Å². The van der Waals surface area contributed by atoms with E-state index < -0.39 is 0 Å². The number of esters is 2. The van der Waals surface area contributed by atoms with Crippen molar-refractivity contribution in [2.45, 2.75) is 6.92 Å². The summed E-state index contributed by atoms with van der Waals surface area (Å²) in [5.41, 5.74) is 0. The van der Waals surface area contributed by atoms with Gasteiger partial charge in [-0.3, -0.25) is 0 Å². The van der Waals surface area contributed by atoms with Crippen LogP contribution in [0.15, 0.2) is 25.3 Å². The second-order valence-electron chi connectivity index (χ2n) is 6.73. The molecule has 0 amide bonds. The van der Waals surface area contributed by atoms with Crippen LogP contribution in [0.2, 0.25) is 0 Å². The Morgan fingerprint density at radius 3 is 1.48 bits per heavy atom. The fraction of sp³-hybridized carbons (Fsp3) is 0.647. The van der Waals surface area contributed by atoms with Gasteiger partial charge in [-0.25, -0.2) is 9.59 Å². The van der Waals surface area contributed by atoms with Crippen molar-refractivity contribution in [2.24, 2.45) is 0 Å². The molecule has 0 fully saturated rings. The quantitative estimate of drug-likeness (QED) is 0.221. The maximum absolute atomic E-state index is 10.6. The van der Waals surface area contributed by atoms with Gasteiger partial charge in [0.05, 0.1) is 41.8 Å². The molecule has 0 aliphatic rings. The number of quaternary nitrogens is 2. The van der Waals surface area contributed by atoms with Crippen molar-refractivity contribution < 1.29 is 52.8 Å². The lowest BCUT2D eigenvalue weighted by molar-refractivity contribution is -0.888. The molecule has 0 saturated heterocycles. The molecule has 0 aliphatic heterocycles. The third-order valence-electron chi connectivity index (χ3n) is 3.14. The van der Waals surface area contributed by atoms with Crippen LogP contribution in [0, 0.1) is 0 Å². The molecule has 0 saturated carbocycles. The average molecular weight is 401 g/mol. The number of hydrogen-bond donors (Lipinski definition) is 0. The summed E-state index contributed by atoms with van der Waals surface area (Å²) in [6.45, 7) is 12.3. The summed E-state index contributed by atoms with van der Waals surface area (Å²) in [7, 11) is 10.3. The molecule has 0 atom stereocenters. The highest BCUT2D eigenvalue weighted by molar-refractivity contribution is 5.81. The highest BCUT2D eigenvalue weighted by Gasteiger charge is 2.11. The number of halogens is 2. The largest absolute Gasteiger partial charge is 1.00 e. The molecule has 0 unspecified atom stereocenters. The summed E-state index contributed by atoms with van der Waals surface area (Å²) in [6, 6.07) is 0. The Morgan fingerprint density at radius 1 is 0.840 bits per heavy atom. The predicted octanol–water partition coefficient (Wildman–Crippen LogP) is -4.76. The van der Waals surface area contributed by atoms with Crippen molar-refractivity contribution in [3.63, 3.8) is 0 Å². The van der Waals surface area contributed by atoms with Crippen LogP contribution in [-0.2, 0) is 19.1 Å². The van der Waals surface area contributed by atoms with Gasteiger partial charge in [-0.05, 0) is 6.92 Å². The van der Waals surface area contributed by atoms with Crippen LogP contribution in [0.25, 0.3) is 0 Å². The van der Waals surface area contributed by atoms with Gasteiger partial charge in [0.25, 0.3) is 0 Å². The summed E-state index contributed by atoms with van der Waals surface area (Å²) in [4.78, 5) is 21.2. The molecule has 0 heterocycles. The topological polar surface area (TPSA) is 52.6 Å². The van der Waals surface area contributed by atoms with Gasteiger partial charge >= 0.3 is 11.9 Å². The highest BCUT2D eigenvalue weighted by atomic mass is 35.5. The minimum atomic E-state index is -0.349. The molecule has 0 aromatic carbocycles. The Hall–Kier alpha value is -1.08. The first-order valence-corrected chi connectivity index (χ1v) is 7.68. The standard InChI is InChI=1S/C9H18NO2.C8H16NO2.2ClH/c1-5-9(11)12-8-7-10(3,4)6-2;1-5-8(10)11-7-6-9(2,3)4;;/h5H,1,6-8H2,2-4H3;5H,1,6-7H2,2-4H3;2*1H/q2*+1;;/p-2. The monoisotopic (exact) mass is 400 g/mol. The van der Waals surface area contributed by atoms with Crippen LogP contribution >= 0.6 is 0 Å². The lowest BCUT2D eigenvalue weighted by Gasteiger charge is -2.27. The predicted molar refractivity (Wildman–Crippen MR) is 92.7 cm³/mol. The van der Waals surface area contributed by atoms with Gasteiger partial charge in [-0.2, -0.15) is 0 Å². The normalized spacial score (nSPS) is 10.0. The second kappa shape index (κ2) is 16.4. The van der Waals surface area contributed by atoms with E-state index in [1.54, 1.807) is 0 Å². The molecule has 0 N–H and O–H groups in total. The zero-order valence-electron chi connectivity index (χ0n) is 16.4. The lowest BCUT2D eigenvalue weighted by Crippen LogP contribution is -3.00. The Labute approximate surface area is 165 Å². The first-order chi connectivity index (χ1) is 10.5. The molecule has 6 nitrogen and oxygen atoms in total. The third-order valence-corrected chi connectivity index (χ3v) is 3.14. The number of ether oxygens (including phenoxy) is 2. The van der Waals surface area contributed by atoms with Crippen molar-refractivity contribution >= 4 is 11.9 Å². The van der Waals surface area contributed by atoms with Crippen molar-refractivity contribution in [3.05, 3.63) is 25.3 Å². The van der Waals surface area contributed by atoms with Crippen molar-refractivity contribution in [1.29, 1.82) is 0 Å². The van der Waals surface area contributed by atoms with E-state index in [0.29, 0.717) is 13.2 Å². The summed E-state index contributed by atoms with van der Waals surface area (Å²) >= 11 is 0. The molecule has 25 heavy (non-hydrogen) atoms. The Bertz CT molecular complexity index is 395. The number of hydrogen-bond acceptors (Lipinski definition) is 4. The smallest absolute Gasteiger partial charge is 0.330 e. The van der Waals surface area contributed by atoms with Crippen LogP contribution in [0.4, 0.5) is 0 Å². The van der Waals surface area contributed by atoms with Gasteiger partial charge in [0.1, 0.15) is 26.3 Å².